The molecule has 0 aliphatic heterocycles. The Balaban J connectivity index is 1.99. The highest BCUT2D eigenvalue weighted by Crippen LogP contribution is 2.27. The van der Waals surface area contributed by atoms with Gasteiger partial charge in [0.15, 0.2) is 0 Å². The summed E-state index contributed by atoms with van der Waals surface area (Å²) in [6.07, 6.45) is 0. The summed E-state index contributed by atoms with van der Waals surface area (Å²) in [7, 11) is 1.95. The Morgan fingerprint density at radius 1 is 1.22 bits per heavy atom. The largest absolute Gasteiger partial charge is 0.486 e. The maximum atomic E-state index is 6.09. The fourth-order valence-corrected chi connectivity index (χ4v) is 2.75. The highest BCUT2D eigenvalue weighted by Gasteiger charge is 2.04. The topological polar surface area (TPSA) is 21.3 Å². The lowest BCUT2D eigenvalue weighted by atomic mass is 10.2. The molecule has 1 aromatic carbocycles. The van der Waals surface area contributed by atoms with E-state index in [-0.39, 0.29) is 0 Å². The fourth-order valence-electron chi connectivity index (χ4n) is 1.64. The van der Waals surface area contributed by atoms with Crippen molar-refractivity contribution in [3.05, 3.63) is 50.7 Å². The van der Waals surface area contributed by atoms with Crippen LogP contribution in [0.25, 0.3) is 0 Å². The van der Waals surface area contributed by atoms with Gasteiger partial charge in [0.25, 0.3) is 0 Å². The summed E-state index contributed by atoms with van der Waals surface area (Å²) in [5.74, 6) is 0.750. The number of thiophene rings is 1. The average molecular weight is 282 g/mol. The molecule has 0 saturated carbocycles. The van der Waals surface area contributed by atoms with Crippen LogP contribution in [0.3, 0.4) is 0 Å². The first kappa shape index (κ1) is 13.4. The molecule has 0 aliphatic rings. The van der Waals surface area contributed by atoms with E-state index in [0.29, 0.717) is 11.6 Å². The molecule has 0 unspecified atom stereocenters. The van der Waals surface area contributed by atoms with Gasteiger partial charge in [-0.15, -0.1) is 11.3 Å². The summed E-state index contributed by atoms with van der Waals surface area (Å²) in [4.78, 5) is 2.52. The van der Waals surface area contributed by atoms with Crippen molar-refractivity contribution in [1.82, 2.24) is 5.32 Å². The van der Waals surface area contributed by atoms with Gasteiger partial charge in [-0.2, -0.15) is 0 Å². The molecule has 0 saturated heterocycles. The lowest BCUT2D eigenvalue weighted by molar-refractivity contribution is 0.310. The summed E-state index contributed by atoms with van der Waals surface area (Å²) in [5.41, 5.74) is 1.15. The number of hydrogen-bond donors (Lipinski definition) is 1. The third kappa shape index (κ3) is 3.48. The SMILES string of the molecule is CNCc1ccc(COc2cc(C)ccc2Cl)s1. The van der Waals surface area contributed by atoms with Gasteiger partial charge in [0, 0.05) is 16.3 Å². The predicted molar refractivity (Wildman–Crippen MR) is 77.6 cm³/mol. The van der Waals surface area contributed by atoms with E-state index in [0.717, 1.165) is 17.9 Å². The summed E-state index contributed by atoms with van der Waals surface area (Å²) >= 11 is 7.84. The normalized spacial score (nSPS) is 10.6. The number of rotatable bonds is 5. The maximum absolute atomic E-state index is 6.09. The second-order valence-corrected chi connectivity index (χ2v) is 5.78. The van der Waals surface area contributed by atoms with Gasteiger partial charge in [-0.25, -0.2) is 0 Å². The van der Waals surface area contributed by atoms with Gasteiger partial charge < -0.3 is 10.1 Å². The zero-order valence-corrected chi connectivity index (χ0v) is 12.1. The fraction of sp³-hybridized carbons (Fsp3) is 0.286. The van der Waals surface area contributed by atoms with Crippen LogP contribution in [0.2, 0.25) is 5.02 Å². The Labute approximate surface area is 117 Å². The van der Waals surface area contributed by atoms with Gasteiger partial charge in [0.05, 0.1) is 5.02 Å². The summed E-state index contributed by atoms with van der Waals surface area (Å²) in [6, 6.07) is 10.0. The van der Waals surface area contributed by atoms with Gasteiger partial charge in [0.1, 0.15) is 12.4 Å². The highest BCUT2D eigenvalue weighted by molar-refractivity contribution is 7.11. The summed E-state index contributed by atoms with van der Waals surface area (Å²) < 4.78 is 5.75. The van der Waals surface area contributed by atoms with Crippen molar-refractivity contribution in [1.29, 1.82) is 0 Å². The number of hydrogen-bond acceptors (Lipinski definition) is 3. The molecular weight excluding hydrogens is 266 g/mol. The van der Waals surface area contributed by atoms with Crippen LogP contribution in [0.4, 0.5) is 0 Å². The number of ether oxygens (including phenoxy) is 1. The van der Waals surface area contributed by atoms with E-state index in [9.17, 15) is 0 Å². The monoisotopic (exact) mass is 281 g/mol. The molecule has 0 aliphatic carbocycles. The molecule has 2 aromatic rings. The van der Waals surface area contributed by atoms with Gasteiger partial charge in [-0.3, -0.25) is 0 Å². The molecule has 18 heavy (non-hydrogen) atoms. The van der Waals surface area contributed by atoms with Gasteiger partial charge >= 0.3 is 0 Å². The van der Waals surface area contributed by atoms with E-state index in [4.69, 9.17) is 16.3 Å². The Hall–Kier alpha value is -1.03. The Morgan fingerprint density at radius 2 is 2.00 bits per heavy atom. The summed E-state index contributed by atoms with van der Waals surface area (Å²) in [6.45, 7) is 3.49. The molecule has 96 valence electrons. The Kier molecular flexibility index (Phi) is 4.64. The lowest BCUT2D eigenvalue weighted by Crippen LogP contribution is -2.02. The van der Waals surface area contributed by atoms with Crippen LogP contribution in [0.1, 0.15) is 15.3 Å². The molecule has 0 fully saturated rings. The number of benzene rings is 1. The van der Waals surface area contributed by atoms with Crippen LogP contribution >= 0.6 is 22.9 Å². The molecule has 0 amide bonds. The minimum atomic E-state index is 0.567. The minimum absolute atomic E-state index is 0.567. The first-order valence-corrected chi connectivity index (χ1v) is 6.99. The van der Waals surface area contributed by atoms with Crippen LogP contribution in [0, 0.1) is 6.92 Å². The Morgan fingerprint density at radius 3 is 2.78 bits per heavy atom. The highest BCUT2D eigenvalue weighted by atomic mass is 35.5. The van der Waals surface area contributed by atoms with Crippen LogP contribution in [-0.2, 0) is 13.2 Å². The first-order valence-electron chi connectivity index (χ1n) is 5.80. The maximum Gasteiger partial charge on any atom is 0.138 e. The lowest BCUT2D eigenvalue weighted by Gasteiger charge is -2.07. The predicted octanol–water partition coefficient (Wildman–Crippen LogP) is 4.01. The minimum Gasteiger partial charge on any atom is -0.486 e. The van der Waals surface area contributed by atoms with E-state index < -0.39 is 0 Å². The molecular formula is C14H16ClNOS. The zero-order valence-electron chi connectivity index (χ0n) is 10.5. The molecule has 0 bridgehead atoms. The van der Waals surface area contributed by atoms with Crippen molar-refractivity contribution in [2.24, 2.45) is 0 Å². The Bertz CT molecular complexity index is 524. The van der Waals surface area contributed by atoms with Crippen molar-refractivity contribution in [2.75, 3.05) is 7.05 Å². The van der Waals surface area contributed by atoms with Crippen LogP contribution < -0.4 is 10.1 Å². The van der Waals surface area contributed by atoms with E-state index in [2.05, 4.69) is 17.4 Å². The molecule has 4 heteroatoms. The number of halogens is 1. The van der Waals surface area contributed by atoms with E-state index in [1.807, 2.05) is 32.2 Å². The van der Waals surface area contributed by atoms with Gasteiger partial charge in [-0.1, -0.05) is 17.7 Å². The third-order valence-corrected chi connectivity index (χ3v) is 3.90. The third-order valence-electron chi connectivity index (χ3n) is 2.52. The average Bonchev–Trinajstić information content (AvgIpc) is 2.79. The second-order valence-electron chi connectivity index (χ2n) is 4.12. The van der Waals surface area contributed by atoms with Crippen molar-refractivity contribution in [2.45, 2.75) is 20.1 Å². The first-order chi connectivity index (χ1) is 8.69. The standard InChI is InChI=1S/C14H16ClNOS/c1-10-3-6-13(15)14(7-10)17-9-12-5-4-11(18-12)8-16-2/h3-7,16H,8-9H2,1-2H3. The number of nitrogens with one attached hydrogen (secondary N) is 1. The van der Waals surface area contributed by atoms with E-state index >= 15 is 0 Å². The van der Waals surface area contributed by atoms with Crippen molar-refractivity contribution in [3.63, 3.8) is 0 Å². The van der Waals surface area contributed by atoms with E-state index in [1.165, 1.54) is 9.75 Å². The van der Waals surface area contributed by atoms with Crippen LogP contribution in [0.5, 0.6) is 5.75 Å². The second kappa shape index (κ2) is 6.23. The molecule has 0 spiro atoms. The van der Waals surface area contributed by atoms with Crippen LogP contribution in [0.15, 0.2) is 30.3 Å². The molecule has 2 nitrogen and oxygen atoms in total. The van der Waals surface area contributed by atoms with Crippen molar-refractivity contribution in [3.8, 4) is 5.75 Å². The molecule has 1 aromatic heterocycles. The molecule has 1 heterocycles. The van der Waals surface area contributed by atoms with E-state index in [1.54, 1.807) is 11.3 Å². The van der Waals surface area contributed by atoms with Crippen molar-refractivity contribution >= 4 is 22.9 Å². The molecule has 2 rings (SSSR count). The van der Waals surface area contributed by atoms with Gasteiger partial charge in [-0.05, 0) is 43.8 Å². The van der Waals surface area contributed by atoms with Crippen molar-refractivity contribution < 1.29 is 4.74 Å². The molecule has 0 atom stereocenters. The smallest absolute Gasteiger partial charge is 0.138 e. The quantitative estimate of drug-likeness (QED) is 0.894. The summed E-state index contributed by atoms with van der Waals surface area (Å²) in [5, 5.41) is 3.80. The molecule has 0 radical (unpaired) electrons. The van der Waals surface area contributed by atoms with Crippen LogP contribution in [-0.4, -0.2) is 7.05 Å². The number of aryl methyl sites for hydroxylation is 1. The zero-order chi connectivity index (χ0) is 13.0. The van der Waals surface area contributed by atoms with Gasteiger partial charge in [0.2, 0.25) is 0 Å². The molecule has 1 N–H and O–H groups in total.